The second-order valence-electron chi connectivity index (χ2n) is 5.20. The molecule has 4 nitrogen and oxygen atoms in total. The van der Waals surface area contributed by atoms with Crippen molar-refractivity contribution in [2.75, 3.05) is 4.90 Å². The van der Waals surface area contributed by atoms with Gasteiger partial charge in [-0.15, -0.1) is 0 Å². The van der Waals surface area contributed by atoms with Gasteiger partial charge in [-0.1, -0.05) is 28.1 Å². The number of carbonyl (C=O) groups is 1. The number of pyridine rings is 1. The number of nitrogens with zero attached hydrogens (tertiary/aromatic N) is 2. The zero-order chi connectivity index (χ0) is 15.3. The Bertz CT molecular complexity index is 924. The van der Waals surface area contributed by atoms with E-state index in [2.05, 4.69) is 20.9 Å². The highest BCUT2D eigenvalue weighted by atomic mass is 79.9. The topological polar surface area (TPSA) is 53.4 Å². The standard InChI is InChI=1S/C17H11BrN2O2/c18-15-8-13-14(16-12(15)5-2-6-19-16)9-20(17(13)22)10-3-1-4-11(21)7-10/h1-8,21H,9H2. The molecule has 2 aromatic carbocycles. The highest BCUT2D eigenvalue weighted by Gasteiger charge is 2.31. The first-order valence-electron chi connectivity index (χ1n) is 6.82. The number of aromatic nitrogens is 1. The number of amides is 1. The van der Waals surface area contributed by atoms with Crippen molar-refractivity contribution in [3.63, 3.8) is 0 Å². The summed E-state index contributed by atoms with van der Waals surface area (Å²) in [7, 11) is 0. The number of halogens is 1. The predicted octanol–water partition coefficient (Wildman–Crippen LogP) is 3.86. The maximum absolute atomic E-state index is 12.7. The lowest BCUT2D eigenvalue weighted by molar-refractivity contribution is 0.0996. The molecule has 5 heteroatoms. The van der Waals surface area contributed by atoms with Gasteiger partial charge < -0.3 is 10.0 Å². The Morgan fingerprint density at radius 1 is 1.18 bits per heavy atom. The summed E-state index contributed by atoms with van der Waals surface area (Å²) in [5.41, 5.74) is 3.10. The number of hydrogen-bond acceptors (Lipinski definition) is 3. The van der Waals surface area contributed by atoms with Crippen LogP contribution >= 0.6 is 15.9 Å². The summed E-state index contributed by atoms with van der Waals surface area (Å²) >= 11 is 3.52. The van der Waals surface area contributed by atoms with Gasteiger partial charge in [0.25, 0.3) is 5.91 Å². The second-order valence-corrected chi connectivity index (χ2v) is 6.05. The van der Waals surface area contributed by atoms with Crippen molar-refractivity contribution < 1.29 is 9.90 Å². The molecule has 0 atom stereocenters. The molecule has 1 N–H and O–H groups in total. The maximum Gasteiger partial charge on any atom is 0.259 e. The molecule has 1 amide bonds. The average molecular weight is 355 g/mol. The van der Waals surface area contributed by atoms with Gasteiger partial charge in [-0.2, -0.15) is 0 Å². The molecule has 0 saturated carbocycles. The minimum atomic E-state index is -0.0751. The quantitative estimate of drug-likeness (QED) is 0.721. The highest BCUT2D eigenvalue weighted by molar-refractivity contribution is 9.10. The van der Waals surface area contributed by atoms with Gasteiger partial charge in [0, 0.05) is 38.9 Å². The van der Waals surface area contributed by atoms with E-state index in [9.17, 15) is 9.90 Å². The zero-order valence-electron chi connectivity index (χ0n) is 11.5. The Hall–Kier alpha value is -2.40. The Morgan fingerprint density at radius 3 is 2.86 bits per heavy atom. The van der Waals surface area contributed by atoms with Gasteiger partial charge in [-0.25, -0.2) is 0 Å². The summed E-state index contributed by atoms with van der Waals surface area (Å²) in [6.07, 6.45) is 1.73. The molecule has 4 rings (SSSR count). The molecular formula is C17H11BrN2O2. The van der Waals surface area contributed by atoms with Crippen molar-refractivity contribution in [1.29, 1.82) is 0 Å². The van der Waals surface area contributed by atoms with E-state index < -0.39 is 0 Å². The van der Waals surface area contributed by atoms with E-state index in [1.807, 2.05) is 24.3 Å². The van der Waals surface area contributed by atoms with E-state index >= 15 is 0 Å². The molecule has 0 bridgehead atoms. The first-order valence-corrected chi connectivity index (χ1v) is 7.61. The number of anilines is 1. The predicted molar refractivity (Wildman–Crippen MR) is 88.1 cm³/mol. The van der Waals surface area contributed by atoms with Crippen LogP contribution in [-0.4, -0.2) is 16.0 Å². The van der Waals surface area contributed by atoms with Gasteiger partial charge in [-0.3, -0.25) is 9.78 Å². The number of hydrogen-bond donors (Lipinski definition) is 1. The minimum absolute atomic E-state index is 0.0751. The molecule has 0 radical (unpaired) electrons. The third kappa shape index (κ3) is 1.89. The molecule has 1 aliphatic rings. The van der Waals surface area contributed by atoms with Gasteiger partial charge in [0.15, 0.2) is 0 Å². The lowest BCUT2D eigenvalue weighted by Gasteiger charge is -2.15. The van der Waals surface area contributed by atoms with Crippen molar-refractivity contribution in [3.8, 4) is 5.75 Å². The summed E-state index contributed by atoms with van der Waals surface area (Å²) in [4.78, 5) is 18.8. The number of phenols is 1. The van der Waals surface area contributed by atoms with E-state index in [-0.39, 0.29) is 11.7 Å². The number of fused-ring (bicyclic) bond motifs is 3. The molecule has 1 aliphatic heterocycles. The summed E-state index contributed by atoms with van der Waals surface area (Å²) in [6, 6.07) is 12.4. The largest absolute Gasteiger partial charge is 0.508 e. The van der Waals surface area contributed by atoms with Crippen molar-refractivity contribution >= 4 is 38.4 Å². The Labute approximate surface area is 135 Å². The lowest BCUT2D eigenvalue weighted by atomic mass is 10.1. The second kappa shape index (κ2) is 4.81. The van der Waals surface area contributed by atoms with Crippen LogP contribution in [0.15, 0.2) is 53.1 Å². The molecule has 0 spiro atoms. The highest BCUT2D eigenvalue weighted by Crippen LogP contribution is 2.36. The van der Waals surface area contributed by atoms with Crippen LogP contribution in [0.5, 0.6) is 5.75 Å². The van der Waals surface area contributed by atoms with E-state index in [0.29, 0.717) is 17.8 Å². The van der Waals surface area contributed by atoms with Crippen LogP contribution in [0.4, 0.5) is 5.69 Å². The number of aromatic hydroxyl groups is 1. The fraction of sp³-hybridized carbons (Fsp3) is 0.0588. The number of phenolic OH excluding ortho intramolecular Hbond substituents is 1. The Morgan fingerprint density at radius 2 is 2.05 bits per heavy atom. The molecule has 0 unspecified atom stereocenters. The van der Waals surface area contributed by atoms with Gasteiger partial charge in [0.2, 0.25) is 0 Å². The van der Waals surface area contributed by atoms with Crippen molar-refractivity contribution in [3.05, 3.63) is 64.3 Å². The summed E-state index contributed by atoms with van der Waals surface area (Å²) in [6.45, 7) is 0.457. The normalized spacial score (nSPS) is 13.7. The van der Waals surface area contributed by atoms with Crippen LogP contribution in [0, 0.1) is 0 Å². The summed E-state index contributed by atoms with van der Waals surface area (Å²) < 4.78 is 0.862. The first-order chi connectivity index (χ1) is 10.6. The average Bonchev–Trinajstić information content (AvgIpc) is 2.85. The van der Waals surface area contributed by atoms with Crippen LogP contribution in [-0.2, 0) is 6.54 Å². The monoisotopic (exact) mass is 354 g/mol. The molecule has 108 valence electrons. The van der Waals surface area contributed by atoms with Gasteiger partial charge in [0.1, 0.15) is 5.75 Å². The minimum Gasteiger partial charge on any atom is -0.508 e. The fourth-order valence-corrected chi connectivity index (χ4v) is 3.40. The fourth-order valence-electron chi connectivity index (χ4n) is 2.85. The SMILES string of the molecule is O=C1c2cc(Br)c3cccnc3c2CN1c1cccc(O)c1. The zero-order valence-corrected chi connectivity index (χ0v) is 13.0. The van der Waals surface area contributed by atoms with Crippen LogP contribution in [0.3, 0.4) is 0 Å². The smallest absolute Gasteiger partial charge is 0.259 e. The third-order valence-corrected chi connectivity index (χ3v) is 4.54. The van der Waals surface area contributed by atoms with E-state index in [1.165, 1.54) is 0 Å². The molecule has 3 aromatic rings. The van der Waals surface area contributed by atoms with Crippen molar-refractivity contribution in [2.24, 2.45) is 0 Å². The Kier molecular flexibility index (Phi) is 2.90. The van der Waals surface area contributed by atoms with E-state index in [0.717, 1.165) is 20.9 Å². The van der Waals surface area contributed by atoms with E-state index in [4.69, 9.17) is 0 Å². The third-order valence-electron chi connectivity index (χ3n) is 3.88. The van der Waals surface area contributed by atoms with Crippen LogP contribution in [0.1, 0.15) is 15.9 Å². The van der Waals surface area contributed by atoms with E-state index in [1.54, 1.807) is 29.3 Å². The molecule has 0 saturated heterocycles. The number of benzene rings is 2. The van der Waals surface area contributed by atoms with Crippen LogP contribution < -0.4 is 4.90 Å². The van der Waals surface area contributed by atoms with Gasteiger partial charge in [-0.05, 0) is 24.3 Å². The lowest BCUT2D eigenvalue weighted by Crippen LogP contribution is -2.22. The molecular weight excluding hydrogens is 344 g/mol. The van der Waals surface area contributed by atoms with Gasteiger partial charge in [0.05, 0.1) is 12.1 Å². The molecule has 0 aliphatic carbocycles. The summed E-state index contributed by atoms with van der Waals surface area (Å²) in [5.74, 6) is 0.0688. The summed E-state index contributed by atoms with van der Waals surface area (Å²) in [5, 5.41) is 10.6. The van der Waals surface area contributed by atoms with Gasteiger partial charge >= 0.3 is 0 Å². The molecule has 0 fully saturated rings. The molecule has 22 heavy (non-hydrogen) atoms. The first kappa shape index (κ1) is 13.3. The molecule has 1 aromatic heterocycles. The van der Waals surface area contributed by atoms with Crippen LogP contribution in [0.2, 0.25) is 0 Å². The maximum atomic E-state index is 12.7. The van der Waals surface area contributed by atoms with Crippen molar-refractivity contribution in [2.45, 2.75) is 6.54 Å². The number of rotatable bonds is 1. The van der Waals surface area contributed by atoms with Crippen molar-refractivity contribution in [1.82, 2.24) is 4.98 Å². The molecule has 2 heterocycles. The number of carbonyl (C=O) groups excluding carboxylic acids is 1. The Balaban J connectivity index is 1.90. The van der Waals surface area contributed by atoms with Crippen LogP contribution in [0.25, 0.3) is 10.9 Å².